The Morgan fingerprint density at radius 1 is 0.825 bits per heavy atom. The number of aromatic amines is 1. The number of likely N-dealkylation sites (tertiary alicyclic amines) is 1. The maximum Gasteiger partial charge on any atom is 0.264 e. The molecule has 0 saturated carbocycles. The lowest BCUT2D eigenvalue weighted by molar-refractivity contribution is -0.149. The van der Waals surface area contributed by atoms with Gasteiger partial charge >= 0.3 is 0 Å². The van der Waals surface area contributed by atoms with Crippen LogP contribution in [-0.2, 0) is 28.6 Å². The number of hydrogen-bond donors (Lipinski definition) is 4. The zero-order valence-corrected chi connectivity index (χ0v) is 31.3. The fourth-order valence-corrected chi connectivity index (χ4v) is 6.65. The molecule has 4 N–H and O–H groups in total. The number of rotatable bonds is 19. The Bertz CT molecular complexity index is 2140. The summed E-state index contributed by atoms with van der Waals surface area (Å²) >= 11 is 0. The summed E-state index contributed by atoms with van der Waals surface area (Å²) in [7, 11) is 1.36. The number of carbonyl (C=O) groups is 5. The van der Waals surface area contributed by atoms with Crippen LogP contribution < -0.4 is 25.4 Å². The molecular formula is C40H43N7O10. The number of ether oxygens (including phenoxy) is 5. The highest BCUT2D eigenvalue weighted by molar-refractivity contribution is 6.25. The average molecular weight is 782 g/mol. The first-order valence-electron chi connectivity index (χ1n) is 18.6. The zero-order valence-electron chi connectivity index (χ0n) is 31.3. The van der Waals surface area contributed by atoms with E-state index in [0.717, 1.165) is 43.8 Å². The summed E-state index contributed by atoms with van der Waals surface area (Å²) in [6.45, 7) is 3.08. The van der Waals surface area contributed by atoms with Crippen molar-refractivity contribution in [2.75, 3.05) is 83.7 Å². The molecule has 17 heteroatoms. The van der Waals surface area contributed by atoms with Gasteiger partial charge in [0.1, 0.15) is 6.04 Å². The highest BCUT2D eigenvalue weighted by atomic mass is 16.7. The quantitative estimate of drug-likeness (QED) is 0.0800. The molecule has 1 atom stereocenters. The van der Waals surface area contributed by atoms with E-state index in [1.165, 1.54) is 7.05 Å². The van der Waals surface area contributed by atoms with Crippen LogP contribution in [0.2, 0.25) is 0 Å². The van der Waals surface area contributed by atoms with E-state index < -0.39 is 23.8 Å². The summed E-state index contributed by atoms with van der Waals surface area (Å²) in [6, 6.07) is 19.3. The van der Waals surface area contributed by atoms with Crippen LogP contribution in [0.5, 0.6) is 11.5 Å². The highest BCUT2D eigenvalue weighted by Crippen LogP contribution is 2.36. The molecule has 4 aromatic rings. The smallest absolute Gasteiger partial charge is 0.264 e. The normalized spacial score (nSPS) is 16.0. The molecule has 0 bridgehead atoms. The van der Waals surface area contributed by atoms with Crippen molar-refractivity contribution in [3.8, 4) is 34.0 Å². The fraction of sp³-hybridized carbons (Fsp3) is 0.350. The van der Waals surface area contributed by atoms with Crippen LogP contribution in [0.25, 0.3) is 22.5 Å². The van der Waals surface area contributed by atoms with Gasteiger partial charge in [0.2, 0.25) is 18.6 Å². The molecule has 1 aromatic heterocycles. The summed E-state index contributed by atoms with van der Waals surface area (Å²) in [5, 5.41) is 16.7. The molecule has 0 spiro atoms. The van der Waals surface area contributed by atoms with Gasteiger partial charge in [-0.2, -0.15) is 5.10 Å². The van der Waals surface area contributed by atoms with Gasteiger partial charge in [0.15, 0.2) is 11.5 Å². The van der Waals surface area contributed by atoms with Gasteiger partial charge < -0.3 is 39.6 Å². The van der Waals surface area contributed by atoms with Crippen molar-refractivity contribution < 1.29 is 47.7 Å². The Kier molecular flexibility index (Phi) is 12.4. The standard InChI is InChI=1S/C40H43N7O10/c1-46-36(49)11-9-32(39(46)51)47-38(50)28-6-3-7-29(37(28)40(47)52)41-12-14-53-16-18-55-19-17-54-15-13-42-35(48)23-43-27-5-2-4-25(20-27)30-22-31(45-44-30)26-8-10-33-34(21-26)57-24-56-33/h2-8,10,20-22,32,41,43H,9,11-19,23-24H2,1H3,(H,42,48)(H,44,45). The highest BCUT2D eigenvalue weighted by Gasteiger charge is 2.47. The zero-order chi connectivity index (χ0) is 39.7. The van der Waals surface area contributed by atoms with E-state index in [-0.39, 0.29) is 49.1 Å². The number of benzene rings is 3. The topological polar surface area (TPSA) is 203 Å². The second-order valence-electron chi connectivity index (χ2n) is 13.3. The minimum atomic E-state index is -1.01. The maximum atomic E-state index is 13.3. The molecule has 3 aliphatic rings. The SMILES string of the molecule is CN1C(=O)CCC(N2C(=O)c3cccc(NCCOCCOCCOCCNC(=O)CNc4cccc(-c5cc(-c6ccc7c(c6)OCO7)[nH]n5)c4)c3C2=O)C1=O. The van der Waals surface area contributed by atoms with Gasteiger partial charge in [0.05, 0.1) is 68.7 Å². The van der Waals surface area contributed by atoms with Crippen LogP contribution in [0, 0.1) is 0 Å². The van der Waals surface area contributed by atoms with Crippen LogP contribution in [-0.4, -0.2) is 129 Å². The van der Waals surface area contributed by atoms with Crippen molar-refractivity contribution >= 4 is 40.9 Å². The molecule has 298 valence electrons. The number of imide groups is 2. The molecule has 57 heavy (non-hydrogen) atoms. The number of anilines is 2. The summed E-state index contributed by atoms with van der Waals surface area (Å²) in [5.74, 6) is -0.756. The maximum absolute atomic E-state index is 13.3. The van der Waals surface area contributed by atoms with Crippen molar-refractivity contribution in [2.24, 2.45) is 0 Å². The average Bonchev–Trinajstić information content (AvgIpc) is 3.97. The lowest BCUT2D eigenvalue weighted by atomic mass is 10.0. The van der Waals surface area contributed by atoms with Crippen LogP contribution in [0.1, 0.15) is 33.6 Å². The molecule has 1 saturated heterocycles. The van der Waals surface area contributed by atoms with Crippen LogP contribution >= 0.6 is 0 Å². The van der Waals surface area contributed by atoms with Gasteiger partial charge in [-0.15, -0.1) is 0 Å². The number of H-pyrrole nitrogens is 1. The van der Waals surface area contributed by atoms with E-state index >= 15 is 0 Å². The van der Waals surface area contributed by atoms with Gasteiger partial charge in [0, 0.05) is 49.1 Å². The lowest BCUT2D eigenvalue weighted by Crippen LogP contribution is -2.54. The lowest BCUT2D eigenvalue weighted by Gasteiger charge is -2.32. The molecule has 0 aliphatic carbocycles. The molecule has 1 unspecified atom stereocenters. The number of likely N-dealkylation sites (N-methyl/N-ethyl adjacent to an activating group) is 1. The van der Waals surface area contributed by atoms with E-state index in [2.05, 4.69) is 26.1 Å². The molecule has 4 heterocycles. The van der Waals surface area contributed by atoms with Gasteiger partial charge in [-0.05, 0) is 55.0 Å². The molecule has 1 fully saturated rings. The van der Waals surface area contributed by atoms with Crippen molar-refractivity contribution in [3.63, 3.8) is 0 Å². The number of fused-ring (bicyclic) bond motifs is 2. The number of nitrogens with one attached hydrogen (secondary N) is 4. The third-order valence-corrected chi connectivity index (χ3v) is 9.63. The fourth-order valence-electron chi connectivity index (χ4n) is 6.65. The van der Waals surface area contributed by atoms with Crippen molar-refractivity contribution in [2.45, 2.75) is 18.9 Å². The number of amides is 5. The van der Waals surface area contributed by atoms with E-state index in [4.69, 9.17) is 23.7 Å². The summed E-state index contributed by atoms with van der Waals surface area (Å²) < 4.78 is 27.6. The molecule has 0 radical (unpaired) electrons. The van der Waals surface area contributed by atoms with Crippen molar-refractivity contribution in [1.29, 1.82) is 0 Å². The second kappa shape index (κ2) is 18.1. The molecule has 17 nitrogen and oxygen atoms in total. The predicted molar refractivity (Wildman–Crippen MR) is 206 cm³/mol. The van der Waals surface area contributed by atoms with Gasteiger partial charge in [-0.1, -0.05) is 18.2 Å². The van der Waals surface area contributed by atoms with E-state index in [0.29, 0.717) is 64.2 Å². The Balaban J connectivity index is 0.720. The number of carbonyl (C=O) groups excluding carboxylic acids is 5. The van der Waals surface area contributed by atoms with E-state index in [9.17, 15) is 24.0 Å². The molecular weight excluding hydrogens is 738 g/mol. The first-order chi connectivity index (χ1) is 27.8. The minimum Gasteiger partial charge on any atom is -0.454 e. The number of nitrogens with zero attached hydrogens (tertiary/aromatic N) is 3. The first kappa shape index (κ1) is 39.0. The molecule has 7 rings (SSSR count). The van der Waals surface area contributed by atoms with Gasteiger partial charge in [-0.25, -0.2) is 0 Å². The van der Waals surface area contributed by atoms with Crippen LogP contribution in [0.3, 0.4) is 0 Å². The summed E-state index contributed by atoms with van der Waals surface area (Å²) in [4.78, 5) is 65.3. The number of hydrogen-bond acceptors (Lipinski definition) is 13. The second-order valence-corrected chi connectivity index (χ2v) is 13.3. The van der Waals surface area contributed by atoms with Gasteiger partial charge in [-0.3, -0.25) is 38.9 Å². The predicted octanol–water partition coefficient (Wildman–Crippen LogP) is 2.91. The Morgan fingerprint density at radius 3 is 2.40 bits per heavy atom. The van der Waals surface area contributed by atoms with E-state index in [1.54, 1.807) is 18.2 Å². The Labute approximate surface area is 327 Å². The first-order valence-corrected chi connectivity index (χ1v) is 18.6. The van der Waals surface area contributed by atoms with Crippen molar-refractivity contribution in [1.82, 2.24) is 25.3 Å². The third kappa shape index (κ3) is 9.06. The van der Waals surface area contributed by atoms with Crippen molar-refractivity contribution in [3.05, 3.63) is 77.9 Å². The largest absolute Gasteiger partial charge is 0.454 e. The van der Waals surface area contributed by atoms with E-state index in [1.807, 2.05) is 48.5 Å². The Hall–Kier alpha value is -6.30. The molecule has 3 aliphatic heterocycles. The minimum absolute atomic E-state index is 0.0812. The van der Waals surface area contributed by atoms with Crippen LogP contribution in [0.15, 0.2) is 66.7 Å². The molecule has 3 aromatic carbocycles. The number of piperidine rings is 1. The summed E-state index contributed by atoms with van der Waals surface area (Å²) in [6.07, 6.45) is 0.186. The Morgan fingerprint density at radius 2 is 1.58 bits per heavy atom. The third-order valence-electron chi connectivity index (χ3n) is 9.63. The van der Waals surface area contributed by atoms with Gasteiger partial charge in [0.25, 0.3) is 17.7 Å². The number of aromatic nitrogens is 2. The van der Waals surface area contributed by atoms with Crippen LogP contribution in [0.4, 0.5) is 11.4 Å². The molecule has 5 amide bonds. The summed E-state index contributed by atoms with van der Waals surface area (Å²) in [5.41, 5.74) is 5.11. The monoisotopic (exact) mass is 781 g/mol.